The van der Waals surface area contributed by atoms with Crippen LogP contribution in [-0.2, 0) is 28.0 Å². The minimum Gasteiger partial charge on any atom is -0.343 e. The van der Waals surface area contributed by atoms with Gasteiger partial charge in [-0.15, -0.1) is 0 Å². The summed E-state index contributed by atoms with van der Waals surface area (Å²) in [4.78, 5) is 41.8. The number of anilines is 1. The number of aryl methyl sites for hydroxylation is 1. The Kier molecular flexibility index (Phi) is 6.40. The zero-order valence-corrected chi connectivity index (χ0v) is 22.7. The van der Waals surface area contributed by atoms with Crippen molar-refractivity contribution in [1.82, 2.24) is 34.6 Å². The van der Waals surface area contributed by atoms with E-state index in [0.29, 0.717) is 38.2 Å². The van der Waals surface area contributed by atoms with E-state index in [-0.39, 0.29) is 17.7 Å². The third kappa shape index (κ3) is 4.37. The van der Waals surface area contributed by atoms with Gasteiger partial charge in [0.05, 0.1) is 11.1 Å². The molecule has 10 heteroatoms. The van der Waals surface area contributed by atoms with Crippen LogP contribution in [-0.4, -0.2) is 59.5 Å². The number of fused-ring (bicyclic) bond motifs is 3. The Hall–Kier alpha value is -4.08. The number of H-pyrrole nitrogens is 1. The number of carbonyl (C=O) groups excluding carboxylic acids is 2. The van der Waals surface area contributed by atoms with Gasteiger partial charge in [0.1, 0.15) is 18.0 Å². The van der Waals surface area contributed by atoms with Gasteiger partial charge in [0.25, 0.3) is 0 Å². The molecule has 1 saturated heterocycles. The van der Waals surface area contributed by atoms with Crippen LogP contribution in [0.2, 0.25) is 0 Å². The topological polar surface area (TPSA) is 122 Å². The van der Waals surface area contributed by atoms with E-state index in [1.54, 1.807) is 12.4 Å². The fourth-order valence-corrected chi connectivity index (χ4v) is 6.35. The molecule has 6 heterocycles. The Bertz CT molecular complexity index is 1470. The number of imidazole rings is 1. The molecule has 3 aromatic heterocycles. The van der Waals surface area contributed by atoms with Crippen LogP contribution < -0.4 is 5.32 Å². The van der Waals surface area contributed by atoms with Crippen LogP contribution in [0.5, 0.6) is 0 Å². The van der Waals surface area contributed by atoms with Gasteiger partial charge in [-0.2, -0.15) is 5.10 Å². The van der Waals surface area contributed by atoms with Crippen molar-refractivity contribution in [3.8, 4) is 0 Å². The Morgan fingerprint density at radius 1 is 1.23 bits per heavy atom. The van der Waals surface area contributed by atoms with Gasteiger partial charge in [-0.25, -0.2) is 15.0 Å². The molecule has 1 fully saturated rings. The molecule has 1 atom stereocenters. The number of aromatic amines is 1. The molecule has 0 aromatic carbocycles. The van der Waals surface area contributed by atoms with Gasteiger partial charge in [0.2, 0.25) is 11.8 Å². The molecule has 1 spiro atoms. The minimum absolute atomic E-state index is 0.0316. The lowest BCUT2D eigenvalue weighted by Gasteiger charge is -2.38. The number of hydrogen-bond acceptors (Lipinski definition) is 6. The predicted molar refractivity (Wildman–Crippen MR) is 147 cm³/mol. The van der Waals surface area contributed by atoms with Gasteiger partial charge in [0.15, 0.2) is 0 Å². The molecule has 0 bridgehead atoms. The molecule has 6 rings (SSSR count). The molecule has 0 unspecified atom stereocenters. The van der Waals surface area contributed by atoms with E-state index in [0.717, 1.165) is 42.0 Å². The van der Waals surface area contributed by atoms with Gasteiger partial charge in [0, 0.05) is 61.8 Å². The molecule has 3 aliphatic heterocycles. The van der Waals surface area contributed by atoms with Crippen LogP contribution in [0.25, 0.3) is 5.57 Å². The number of piperidine rings is 1. The number of nitrogens with one attached hydrogen (secondary N) is 2. The number of rotatable bonds is 5. The van der Waals surface area contributed by atoms with E-state index in [9.17, 15) is 9.59 Å². The lowest BCUT2D eigenvalue weighted by Crippen LogP contribution is -2.48. The third-order valence-electron chi connectivity index (χ3n) is 8.71. The molecule has 0 saturated carbocycles. The maximum absolute atomic E-state index is 13.7. The molecule has 39 heavy (non-hydrogen) atoms. The number of aromatic nitrogens is 6. The number of hydrogen-bond donors (Lipinski definition) is 2. The van der Waals surface area contributed by atoms with Crippen LogP contribution in [0.1, 0.15) is 75.1 Å². The van der Waals surface area contributed by atoms with Crippen molar-refractivity contribution < 1.29 is 9.59 Å². The second kappa shape index (κ2) is 9.91. The molecule has 3 aromatic rings. The Labute approximate surface area is 227 Å². The summed E-state index contributed by atoms with van der Waals surface area (Å²) < 4.78 is 2.30. The van der Waals surface area contributed by atoms with Gasteiger partial charge >= 0.3 is 0 Å². The zero-order chi connectivity index (χ0) is 27.1. The molecular weight excluding hydrogens is 492 g/mol. The first-order chi connectivity index (χ1) is 18.9. The van der Waals surface area contributed by atoms with E-state index in [1.165, 1.54) is 23.2 Å². The standard InChI is InChI=1S/C29H34N8O2/c1-4-22-14-31-27-21(12-20(19(3)16-37(22)27)11-18(2)24-5-8-33-35-24)13-25(38)36-9-6-29(7-10-36)23-15-30-17-32-26(23)34-28(29)39/h5,8,11,14-15,17,21H,4,6-7,9-10,12-13,16H2,1-3H3,(H,33,35)(H,30,32,34,39)/b18-11-/t21-/m0/s1. The molecule has 0 radical (unpaired) electrons. The largest absolute Gasteiger partial charge is 0.343 e. The maximum Gasteiger partial charge on any atom is 0.236 e. The minimum atomic E-state index is -0.649. The Morgan fingerprint density at radius 3 is 2.79 bits per heavy atom. The fraction of sp³-hybridized carbons (Fsp3) is 0.448. The number of nitrogens with zero attached hydrogens (tertiary/aromatic N) is 6. The molecule has 202 valence electrons. The normalized spacial score (nSPS) is 20.6. The van der Waals surface area contributed by atoms with Gasteiger partial charge < -0.3 is 14.8 Å². The first-order valence-electron chi connectivity index (χ1n) is 13.7. The summed E-state index contributed by atoms with van der Waals surface area (Å²) in [5.41, 5.74) is 6.02. The van der Waals surface area contributed by atoms with Gasteiger partial charge in [-0.05, 0) is 56.7 Å². The number of amides is 2. The quantitative estimate of drug-likeness (QED) is 0.522. The van der Waals surface area contributed by atoms with E-state index >= 15 is 0 Å². The van der Waals surface area contributed by atoms with Crippen LogP contribution in [0.3, 0.4) is 0 Å². The van der Waals surface area contributed by atoms with E-state index in [4.69, 9.17) is 4.98 Å². The Morgan fingerprint density at radius 2 is 2.05 bits per heavy atom. The second-order valence-corrected chi connectivity index (χ2v) is 11.0. The third-order valence-corrected chi connectivity index (χ3v) is 8.71. The summed E-state index contributed by atoms with van der Waals surface area (Å²) in [6.07, 6.45) is 12.3. The molecule has 2 N–H and O–H groups in total. The van der Waals surface area contributed by atoms with Crippen LogP contribution in [0, 0.1) is 0 Å². The van der Waals surface area contributed by atoms with Crippen LogP contribution in [0.15, 0.2) is 48.2 Å². The highest BCUT2D eigenvalue weighted by Gasteiger charge is 2.50. The highest BCUT2D eigenvalue weighted by Crippen LogP contribution is 2.44. The average Bonchev–Trinajstić information content (AvgIpc) is 3.66. The van der Waals surface area contributed by atoms with E-state index in [1.807, 2.05) is 17.2 Å². The number of likely N-dealkylation sites (tertiary alicyclic amines) is 1. The monoisotopic (exact) mass is 526 g/mol. The van der Waals surface area contributed by atoms with Crippen molar-refractivity contribution in [2.24, 2.45) is 0 Å². The van der Waals surface area contributed by atoms with Gasteiger partial charge in [-0.1, -0.05) is 18.6 Å². The second-order valence-electron chi connectivity index (χ2n) is 11.0. The van der Waals surface area contributed by atoms with Crippen molar-refractivity contribution in [3.05, 3.63) is 71.0 Å². The smallest absolute Gasteiger partial charge is 0.236 e. The van der Waals surface area contributed by atoms with E-state index in [2.05, 4.69) is 56.9 Å². The highest BCUT2D eigenvalue weighted by molar-refractivity contribution is 6.05. The van der Waals surface area contributed by atoms with Crippen molar-refractivity contribution >= 4 is 23.2 Å². The maximum atomic E-state index is 13.7. The van der Waals surface area contributed by atoms with Crippen molar-refractivity contribution in [1.29, 1.82) is 0 Å². The molecule has 3 aliphatic rings. The van der Waals surface area contributed by atoms with Crippen LogP contribution in [0.4, 0.5) is 5.82 Å². The molecule has 10 nitrogen and oxygen atoms in total. The lowest BCUT2D eigenvalue weighted by molar-refractivity contribution is -0.135. The van der Waals surface area contributed by atoms with Crippen molar-refractivity contribution in [2.75, 3.05) is 18.4 Å². The predicted octanol–water partition coefficient (Wildman–Crippen LogP) is 3.77. The zero-order valence-electron chi connectivity index (χ0n) is 22.7. The molecular formula is C29H34N8O2. The summed E-state index contributed by atoms with van der Waals surface area (Å²) in [6.45, 7) is 8.24. The fourth-order valence-electron chi connectivity index (χ4n) is 6.35. The summed E-state index contributed by atoms with van der Waals surface area (Å²) in [7, 11) is 0. The Balaban J connectivity index is 1.22. The van der Waals surface area contributed by atoms with Crippen molar-refractivity contribution in [2.45, 2.75) is 70.8 Å². The first kappa shape index (κ1) is 25.2. The molecule has 0 aliphatic carbocycles. The number of carbonyl (C=O) groups is 2. The lowest BCUT2D eigenvalue weighted by atomic mass is 9.74. The summed E-state index contributed by atoms with van der Waals surface area (Å²) >= 11 is 0. The number of allylic oxidation sites excluding steroid dienone is 4. The average molecular weight is 527 g/mol. The first-order valence-corrected chi connectivity index (χ1v) is 13.7. The summed E-state index contributed by atoms with van der Waals surface area (Å²) in [6, 6.07) is 1.97. The summed E-state index contributed by atoms with van der Waals surface area (Å²) in [5.74, 6) is 1.62. The van der Waals surface area contributed by atoms with Crippen molar-refractivity contribution in [3.63, 3.8) is 0 Å². The summed E-state index contributed by atoms with van der Waals surface area (Å²) in [5, 5.41) is 10.0. The van der Waals surface area contributed by atoms with E-state index < -0.39 is 5.41 Å². The van der Waals surface area contributed by atoms with Gasteiger partial charge in [-0.3, -0.25) is 14.7 Å². The SMILES string of the molecule is CCc1cnc2n1CC(C)=C(/C=C(/C)c1ccn[nH]1)C[C@H]2CC(=O)N1CCC2(CC1)C(=O)Nc1ncncc12. The van der Waals surface area contributed by atoms with Crippen LogP contribution >= 0.6 is 0 Å². The molecule has 2 amide bonds. The highest BCUT2D eigenvalue weighted by atomic mass is 16.2.